The maximum absolute atomic E-state index is 12.9. The van der Waals surface area contributed by atoms with Crippen molar-refractivity contribution in [3.8, 4) is 5.75 Å². The molecule has 5 rings (SSSR count). The number of fused-ring (bicyclic) bond motifs is 1. The zero-order valence-corrected chi connectivity index (χ0v) is 25.9. The molecule has 6 nitrogen and oxygen atoms in total. The molecule has 2 aliphatic rings. The Morgan fingerprint density at radius 1 is 1.14 bits per heavy atom. The van der Waals surface area contributed by atoms with E-state index in [0.29, 0.717) is 36.0 Å². The van der Waals surface area contributed by atoms with Crippen LogP contribution in [0.2, 0.25) is 5.02 Å². The molecule has 0 spiro atoms. The number of ether oxygens (including phenoxy) is 2. The Hall–Kier alpha value is -3.29. The topological polar surface area (TPSA) is 76.1 Å². The van der Waals surface area contributed by atoms with Gasteiger partial charge in [0.25, 0.3) is 0 Å². The fourth-order valence-electron chi connectivity index (χ4n) is 6.07. The van der Waals surface area contributed by atoms with Crippen LogP contribution in [0.5, 0.6) is 5.75 Å². The minimum absolute atomic E-state index is 0.0634. The number of carbonyl (C=O) groups excluding carboxylic acids is 1. The van der Waals surface area contributed by atoms with Gasteiger partial charge in [0.2, 0.25) is 0 Å². The Balaban J connectivity index is 1.40. The Labute approximate surface area is 260 Å². The van der Waals surface area contributed by atoms with Crippen LogP contribution in [0.15, 0.2) is 77.8 Å². The average molecular weight is 653 g/mol. The van der Waals surface area contributed by atoms with Gasteiger partial charge in [-0.3, -0.25) is 0 Å². The molecule has 0 saturated heterocycles. The fourth-order valence-corrected chi connectivity index (χ4v) is 6.53. The summed E-state index contributed by atoms with van der Waals surface area (Å²) in [5.74, 6) is -0.272. The van der Waals surface area contributed by atoms with Gasteiger partial charge >= 0.3 is 11.9 Å². The Morgan fingerprint density at radius 3 is 2.57 bits per heavy atom. The first-order valence-electron chi connectivity index (χ1n) is 14.4. The van der Waals surface area contributed by atoms with Crippen molar-refractivity contribution in [2.24, 2.45) is 11.8 Å². The molecule has 3 unspecified atom stereocenters. The summed E-state index contributed by atoms with van der Waals surface area (Å²) in [4.78, 5) is 27.1. The van der Waals surface area contributed by atoms with Crippen LogP contribution in [0.4, 0.5) is 5.69 Å². The molecule has 3 aromatic rings. The Bertz CT molecular complexity index is 1460. The van der Waals surface area contributed by atoms with Crippen molar-refractivity contribution in [3.63, 3.8) is 0 Å². The minimum Gasteiger partial charge on any atom is -0.491 e. The lowest BCUT2D eigenvalue weighted by Crippen LogP contribution is -2.45. The van der Waals surface area contributed by atoms with Gasteiger partial charge in [0, 0.05) is 34.4 Å². The number of esters is 1. The maximum Gasteiger partial charge on any atom is 0.338 e. The number of aromatic carboxylic acids is 1. The standard InChI is InChI=1S/C34H35BrClNO5/c1-3-5-22-16-27(36)12-14-28(22)25-19-37(30-17-23(33(38)39)9-15-32(30)41-20-25)18-24-8-13-29(24)31(4-2)42-34(40)21-6-10-26(35)11-7-21/h4,6-7,9-12,14-17,24-25,29,31H,2-3,5,8,13,18-20H2,1H3,(H,38,39)/t24?,25?,29-,31?/m1/s1. The quantitative estimate of drug-likeness (QED) is 0.176. The zero-order valence-electron chi connectivity index (χ0n) is 23.6. The molecule has 1 heterocycles. The van der Waals surface area contributed by atoms with Gasteiger partial charge in [-0.05, 0) is 90.9 Å². The molecule has 1 saturated carbocycles. The fraction of sp³-hybridized carbons (Fsp3) is 0.353. The summed E-state index contributed by atoms with van der Waals surface area (Å²) >= 11 is 9.77. The number of hydrogen-bond acceptors (Lipinski definition) is 5. The van der Waals surface area contributed by atoms with Crippen molar-refractivity contribution < 1.29 is 24.2 Å². The number of carboxylic acid groups (broad SMARTS) is 1. The number of hydrogen-bond donors (Lipinski definition) is 1. The van der Waals surface area contributed by atoms with E-state index >= 15 is 0 Å². The van der Waals surface area contributed by atoms with Crippen LogP contribution >= 0.6 is 27.5 Å². The predicted octanol–water partition coefficient (Wildman–Crippen LogP) is 8.17. The lowest BCUT2D eigenvalue weighted by Gasteiger charge is -2.43. The first-order chi connectivity index (χ1) is 20.3. The average Bonchev–Trinajstić information content (AvgIpc) is 3.14. The lowest BCUT2D eigenvalue weighted by molar-refractivity contribution is -0.00170. The Morgan fingerprint density at radius 2 is 1.90 bits per heavy atom. The van der Waals surface area contributed by atoms with Gasteiger partial charge in [0.15, 0.2) is 0 Å². The maximum atomic E-state index is 12.9. The summed E-state index contributed by atoms with van der Waals surface area (Å²) < 4.78 is 13.2. The predicted molar refractivity (Wildman–Crippen MR) is 169 cm³/mol. The van der Waals surface area contributed by atoms with E-state index in [1.807, 2.05) is 24.3 Å². The summed E-state index contributed by atoms with van der Waals surface area (Å²) in [7, 11) is 0. The number of carboxylic acids is 1. The molecule has 1 aliphatic heterocycles. The molecule has 1 fully saturated rings. The first-order valence-corrected chi connectivity index (χ1v) is 15.6. The molecule has 8 heteroatoms. The first kappa shape index (κ1) is 30.2. The summed E-state index contributed by atoms with van der Waals surface area (Å²) in [5, 5.41) is 10.5. The second kappa shape index (κ2) is 13.3. The molecule has 220 valence electrons. The highest BCUT2D eigenvalue weighted by Gasteiger charge is 2.40. The van der Waals surface area contributed by atoms with Crippen LogP contribution in [-0.4, -0.2) is 42.8 Å². The molecular formula is C34H35BrClNO5. The monoisotopic (exact) mass is 651 g/mol. The highest BCUT2D eigenvalue weighted by molar-refractivity contribution is 9.10. The van der Waals surface area contributed by atoms with Crippen molar-refractivity contribution in [1.82, 2.24) is 0 Å². The van der Waals surface area contributed by atoms with E-state index in [9.17, 15) is 14.7 Å². The molecule has 3 aromatic carbocycles. The van der Waals surface area contributed by atoms with E-state index in [1.54, 1.807) is 36.4 Å². The molecule has 1 N–H and O–H groups in total. The summed E-state index contributed by atoms with van der Waals surface area (Å²) in [6.07, 6.45) is 5.11. The number of nitrogens with zero attached hydrogens (tertiary/aromatic N) is 1. The number of carbonyl (C=O) groups is 2. The third-order valence-corrected chi connectivity index (χ3v) is 9.16. The molecule has 1 aliphatic carbocycles. The largest absolute Gasteiger partial charge is 0.491 e. The number of benzene rings is 3. The van der Waals surface area contributed by atoms with Crippen molar-refractivity contribution in [1.29, 1.82) is 0 Å². The molecule has 0 bridgehead atoms. The van der Waals surface area contributed by atoms with Crippen LogP contribution < -0.4 is 9.64 Å². The number of halogens is 2. The van der Waals surface area contributed by atoms with Crippen LogP contribution in [0.1, 0.15) is 63.9 Å². The molecular weight excluding hydrogens is 618 g/mol. The number of anilines is 1. The van der Waals surface area contributed by atoms with Gasteiger partial charge in [-0.25, -0.2) is 9.59 Å². The summed E-state index contributed by atoms with van der Waals surface area (Å²) in [5.41, 5.74) is 3.90. The highest BCUT2D eigenvalue weighted by atomic mass is 79.9. The van der Waals surface area contributed by atoms with Crippen molar-refractivity contribution >= 4 is 45.2 Å². The van der Waals surface area contributed by atoms with Crippen LogP contribution in [0.25, 0.3) is 0 Å². The van der Waals surface area contributed by atoms with Crippen molar-refractivity contribution in [2.45, 2.75) is 44.6 Å². The highest BCUT2D eigenvalue weighted by Crippen LogP contribution is 2.43. The third-order valence-electron chi connectivity index (χ3n) is 8.40. The van der Waals surface area contributed by atoms with Crippen LogP contribution in [-0.2, 0) is 11.2 Å². The van der Waals surface area contributed by atoms with E-state index in [1.165, 1.54) is 11.1 Å². The third kappa shape index (κ3) is 6.68. The summed E-state index contributed by atoms with van der Waals surface area (Å²) in [6.45, 7) is 7.95. The number of aryl methyl sites for hydroxylation is 1. The van der Waals surface area contributed by atoms with Gasteiger partial charge in [-0.1, -0.05) is 59.6 Å². The zero-order chi connectivity index (χ0) is 29.8. The van der Waals surface area contributed by atoms with E-state index in [2.05, 4.69) is 40.4 Å². The molecule has 0 aromatic heterocycles. The second-order valence-corrected chi connectivity index (χ2v) is 12.5. The van der Waals surface area contributed by atoms with Gasteiger partial charge in [0.05, 0.1) is 23.4 Å². The second-order valence-electron chi connectivity index (χ2n) is 11.1. The van der Waals surface area contributed by atoms with Gasteiger partial charge in [-0.2, -0.15) is 0 Å². The van der Waals surface area contributed by atoms with E-state index in [0.717, 1.165) is 35.8 Å². The normalized spacial score (nSPS) is 20.4. The van der Waals surface area contributed by atoms with E-state index in [-0.39, 0.29) is 29.3 Å². The van der Waals surface area contributed by atoms with Crippen LogP contribution in [0.3, 0.4) is 0 Å². The smallest absolute Gasteiger partial charge is 0.338 e. The van der Waals surface area contributed by atoms with Gasteiger partial charge in [-0.15, -0.1) is 0 Å². The molecule has 4 atom stereocenters. The van der Waals surface area contributed by atoms with Gasteiger partial charge < -0.3 is 19.5 Å². The van der Waals surface area contributed by atoms with E-state index in [4.69, 9.17) is 21.1 Å². The molecule has 0 amide bonds. The minimum atomic E-state index is -0.977. The lowest BCUT2D eigenvalue weighted by atomic mass is 9.70. The number of rotatable bonds is 10. The molecule has 42 heavy (non-hydrogen) atoms. The summed E-state index contributed by atoms with van der Waals surface area (Å²) in [6, 6.07) is 18.2. The van der Waals surface area contributed by atoms with Crippen LogP contribution in [0, 0.1) is 11.8 Å². The van der Waals surface area contributed by atoms with Crippen molar-refractivity contribution in [3.05, 3.63) is 105 Å². The van der Waals surface area contributed by atoms with Gasteiger partial charge in [0.1, 0.15) is 11.9 Å². The van der Waals surface area contributed by atoms with Crippen molar-refractivity contribution in [2.75, 3.05) is 24.6 Å². The SMILES string of the molecule is C=CC(OC(=O)c1ccc(Br)cc1)[C@@H]1CCC1CN1CC(c2ccc(Cl)cc2CCC)COc2ccc(C(=O)O)cc21. The van der Waals surface area contributed by atoms with E-state index < -0.39 is 12.1 Å². The molecule has 0 radical (unpaired) electrons. The Kier molecular flexibility index (Phi) is 9.59.